The Labute approximate surface area is 153 Å². The van der Waals surface area contributed by atoms with E-state index in [9.17, 15) is 0 Å². The molecule has 0 aromatic rings. The molecule has 0 saturated carbocycles. The summed E-state index contributed by atoms with van der Waals surface area (Å²) >= 11 is 0. The summed E-state index contributed by atoms with van der Waals surface area (Å²) in [5.74, 6) is 0.886. The first-order valence-corrected chi connectivity index (χ1v) is 10.9. The molecule has 24 heavy (non-hydrogen) atoms. The minimum absolute atomic E-state index is 0.886. The first kappa shape index (κ1) is 23.7. The zero-order valence-corrected chi connectivity index (χ0v) is 17.2. The van der Waals surface area contributed by atoms with E-state index < -0.39 is 0 Å². The summed E-state index contributed by atoms with van der Waals surface area (Å²) in [6, 6.07) is 0. The molecule has 0 aliphatic carbocycles. The number of allylic oxidation sites excluding steroid dienone is 1. The topological polar surface area (TPSA) is 9.23 Å². The maximum Gasteiger partial charge on any atom is 0.0462 e. The maximum atomic E-state index is 5.08. The van der Waals surface area contributed by atoms with Crippen LogP contribution in [0.25, 0.3) is 0 Å². The van der Waals surface area contributed by atoms with E-state index in [0.29, 0.717) is 0 Å². The van der Waals surface area contributed by atoms with Crippen molar-refractivity contribution in [3.8, 4) is 0 Å². The van der Waals surface area contributed by atoms with E-state index in [1.165, 1.54) is 102 Å². The number of hydrogen-bond acceptors (Lipinski definition) is 1. The van der Waals surface area contributed by atoms with E-state index in [1.807, 2.05) is 0 Å². The van der Waals surface area contributed by atoms with Crippen LogP contribution in [0.4, 0.5) is 0 Å². The summed E-state index contributed by atoms with van der Waals surface area (Å²) in [6.45, 7) is 9.68. The summed E-state index contributed by atoms with van der Waals surface area (Å²) in [6.07, 6.45) is 22.1. The molecule has 0 saturated heterocycles. The molecule has 0 aromatic heterocycles. The van der Waals surface area contributed by atoms with Gasteiger partial charge in [-0.1, -0.05) is 103 Å². The summed E-state index contributed by atoms with van der Waals surface area (Å²) in [5.41, 5.74) is 1.43. The number of methoxy groups -OCH3 is 1. The second kappa shape index (κ2) is 19.0. The van der Waals surface area contributed by atoms with Gasteiger partial charge in [0.2, 0.25) is 0 Å². The van der Waals surface area contributed by atoms with Gasteiger partial charge in [-0.25, -0.2) is 0 Å². The fraction of sp³-hybridized carbons (Fsp3) is 0.913. The molecule has 0 spiro atoms. The van der Waals surface area contributed by atoms with Crippen LogP contribution < -0.4 is 0 Å². The highest BCUT2D eigenvalue weighted by molar-refractivity contribution is 4.92. The van der Waals surface area contributed by atoms with Gasteiger partial charge in [0.05, 0.1) is 0 Å². The first-order chi connectivity index (χ1) is 11.7. The Hall–Kier alpha value is -0.300. The zero-order chi connectivity index (χ0) is 17.9. The Morgan fingerprint density at radius 3 is 1.67 bits per heavy atom. The molecule has 0 heterocycles. The van der Waals surface area contributed by atoms with Crippen molar-refractivity contribution in [2.24, 2.45) is 5.92 Å². The van der Waals surface area contributed by atoms with Crippen LogP contribution in [-0.4, -0.2) is 13.7 Å². The molecule has 0 bridgehead atoms. The van der Waals surface area contributed by atoms with Gasteiger partial charge in [-0.2, -0.15) is 0 Å². The van der Waals surface area contributed by atoms with Gasteiger partial charge in [0.1, 0.15) is 0 Å². The van der Waals surface area contributed by atoms with Crippen molar-refractivity contribution in [1.82, 2.24) is 0 Å². The quantitative estimate of drug-likeness (QED) is 0.171. The molecule has 0 amide bonds. The van der Waals surface area contributed by atoms with Gasteiger partial charge in [-0.15, -0.1) is 0 Å². The lowest BCUT2D eigenvalue weighted by Crippen LogP contribution is -1.95. The van der Waals surface area contributed by atoms with E-state index >= 15 is 0 Å². The minimum Gasteiger partial charge on any atom is -0.385 e. The van der Waals surface area contributed by atoms with Gasteiger partial charge in [0, 0.05) is 13.7 Å². The third-order valence-corrected chi connectivity index (χ3v) is 5.29. The number of hydrogen-bond donors (Lipinski definition) is 0. The Morgan fingerprint density at radius 2 is 1.21 bits per heavy atom. The zero-order valence-electron chi connectivity index (χ0n) is 17.2. The van der Waals surface area contributed by atoms with Crippen molar-refractivity contribution in [2.45, 2.75) is 117 Å². The summed E-state index contributed by atoms with van der Waals surface area (Å²) in [5, 5.41) is 0. The highest BCUT2D eigenvalue weighted by Crippen LogP contribution is 2.19. The second-order valence-corrected chi connectivity index (χ2v) is 7.77. The van der Waals surface area contributed by atoms with Crippen LogP contribution in [0.2, 0.25) is 0 Å². The molecular weight excluding hydrogens is 292 g/mol. The Bertz CT molecular complexity index is 259. The van der Waals surface area contributed by atoms with Gasteiger partial charge in [-0.3, -0.25) is 0 Å². The monoisotopic (exact) mass is 338 g/mol. The van der Waals surface area contributed by atoms with Gasteiger partial charge in [-0.05, 0) is 31.6 Å². The molecule has 0 aliphatic heterocycles. The fourth-order valence-electron chi connectivity index (χ4n) is 3.28. The minimum atomic E-state index is 0.886. The number of rotatable bonds is 19. The van der Waals surface area contributed by atoms with Gasteiger partial charge in [0.25, 0.3) is 0 Å². The Kier molecular flexibility index (Phi) is 18.8. The molecular formula is C23H46O. The van der Waals surface area contributed by atoms with Crippen molar-refractivity contribution in [2.75, 3.05) is 13.7 Å². The fourth-order valence-corrected chi connectivity index (χ4v) is 3.28. The molecule has 1 unspecified atom stereocenters. The normalized spacial score (nSPS) is 12.5. The first-order valence-electron chi connectivity index (χ1n) is 10.9. The molecule has 0 N–H and O–H groups in total. The molecule has 0 fully saturated rings. The molecule has 0 aliphatic rings. The van der Waals surface area contributed by atoms with E-state index in [-0.39, 0.29) is 0 Å². The molecule has 1 atom stereocenters. The Morgan fingerprint density at radius 1 is 0.750 bits per heavy atom. The largest absolute Gasteiger partial charge is 0.385 e. The predicted octanol–water partition coefficient (Wildman–Crippen LogP) is 8.09. The molecule has 1 heteroatoms. The van der Waals surface area contributed by atoms with Crippen LogP contribution in [0.1, 0.15) is 117 Å². The molecule has 144 valence electrons. The lowest BCUT2D eigenvalue weighted by molar-refractivity contribution is 0.192. The Balaban J connectivity index is 3.13. The van der Waals surface area contributed by atoms with E-state index in [1.54, 1.807) is 7.11 Å². The predicted molar refractivity (Wildman–Crippen MR) is 110 cm³/mol. The van der Waals surface area contributed by atoms with Gasteiger partial charge in [0.15, 0.2) is 0 Å². The van der Waals surface area contributed by atoms with Crippen LogP contribution >= 0.6 is 0 Å². The molecule has 0 aromatic carbocycles. The highest BCUT2D eigenvalue weighted by atomic mass is 16.5. The van der Waals surface area contributed by atoms with Crippen LogP contribution in [0.15, 0.2) is 12.2 Å². The van der Waals surface area contributed by atoms with Gasteiger partial charge >= 0.3 is 0 Å². The van der Waals surface area contributed by atoms with E-state index in [0.717, 1.165) is 18.9 Å². The SMILES string of the molecule is C=C(CC)CCC(C)CCCCCCCCCCCCCCOC. The number of ether oxygens (including phenoxy) is 1. The third-order valence-electron chi connectivity index (χ3n) is 5.29. The van der Waals surface area contributed by atoms with Crippen LogP contribution in [0.5, 0.6) is 0 Å². The molecule has 1 nitrogen and oxygen atoms in total. The smallest absolute Gasteiger partial charge is 0.0462 e. The summed E-state index contributed by atoms with van der Waals surface area (Å²) in [7, 11) is 1.80. The molecule has 0 rings (SSSR count). The molecule has 0 radical (unpaired) electrons. The van der Waals surface area contributed by atoms with Crippen molar-refractivity contribution in [1.29, 1.82) is 0 Å². The van der Waals surface area contributed by atoms with Crippen molar-refractivity contribution < 1.29 is 4.74 Å². The van der Waals surface area contributed by atoms with Crippen LogP contribution in [-0.2, 0) is 4.74 Å². The third kappa shape index (κ3) is 18.0. The maximum absolute atomic E-state index is 5.08. The van der Waals surface area contributed by atoms with Crippen molar-refractivity contribution >= 4 is 0 Å². The summed E-state index contributed by atoms with van der Waals surface area (Å²) < 4.78 is 5.08. The van der Waals surface area contributed by atoms with Crippen LogP contribution in [0.3, 0.4) is 0 Å². The lowest BCUT2D eigenvalue weighted by Gasteiger charge is -2.11. The van der Waals surface area contributed by atoms with Crippen molar-refractivity contribution in [3.63, 3.8) is 0 Å². The summed E-state index contributed by atoms with van der Waals surface area (Å²) in [4.78, 5) is 0. The van der Waals surface area contributed by atoms with Crippen molar-refractivity contribution in [3.05, 3.63) is 12.2 Å². The standard InChI is InChI=1S/C23H46O/c1-5-22(2)19-20-23(3)18-16-14-12-10-8-6-7-9-11-13-15-17-21-24-4/h23H,2,5-21H2,1,3-4H3. The average molecular weight is 339 g/mol. The van der Waals surface area contributed by atoms with E-state index in [4.69, 9.17) is 4.74 Å². The van der Waals surface area contributed by atoms with E-state index in [2.05, 4.69) is 20.4 Å². The average Bonchev–Trinajstić information content (AvgIpc) is 2.59. The number of unbranched alkanes of at least 4 members (excludes halogenated alkanes) is 11. The van der Waals surface area contributed by atoms with Crippen LogP contribution in [0, 0.1) is 5.92 Å². The second-order valence-electron chi connectivity index (χ2n) is 7.77. The van der Waals surface area contributed by atoms with Gasteiger partial charge < -0.3 is 4.74 Å². The highest BCUT2D eigenvalue weighted by Gasteiger charge is 2.03. The lowest BCUT2D eigenvalue weighted by atomic mass is 9.95.